The van der Waals surface area contributed by atoms with E-state index in [0.717, 1.165) is 19.1 Å². The van der Waals surface area contributed by atoms with E-state index in [1.165, 1.54) is 29.7 Å². The van der Waals surface area contributed by atoms with Gasteiger partial charge in [-0.1, -0.05) is 19.9 Å². The molecule has 1 fully saturated rings. The fourth-order valence-electron chi connectivity index (χ4n) is 2.27. The number of anilines is 1. The monoisotopic (exact) mass is 246 g/mol. The summed E-state index contributed by atoms with van der Waals surface area (Å²) in [4.78, 5) is 2.42. The summed E-state index contributed by atoms with van der Waals surface area (Å²) >= 11 is 0. The van der Waals surface area contributed by atoms with Crippen LogP contribution in [0.3, 0.4) is 0 Å². The largest absolute Gasteiger partial charge is 0.372 e. The van der Waals surface area contributed by atoms with Gasteiger partial charge in [0.15, 0.2) is 0 Å². The van der Waals surface area contributed by atoms with E-state index >= 15 is 0 Å². The van der Waals surface area contributed by atoms with E-state index in [0.29, 0.717) is 5.92 Å². The minimum Gasteiger partial charge on any atom is -0.372 e. The Morgan fingerprint density at radius 2 is 2.06 bits per heavy atom. The first-order valence-corrected chi connectivity index (χ1v) is 7.11. The Kier molecular flexibility index (Phi) is 4.28. The average molecular weight is 246 g/mol. The van der Waals surface area contributed by atoms with Crippen LogP contribution in [-0.2, 0) is 6.54 Å². The normalized spacial score (nSPS) is 15.2. The number of benzene rings is 1. The maximum absolute atomic E-state index is 3.51. The Balaban J connectivity index is 1.96. The van der Waals surface area contributed by atoms with Crippen molar-refractivity contribution in [1.82, 2.24) is 5.32 Å². The molecule has 2 nitrogen and oxygen atoms in total. The van der Waals surface area contributed by atoms with Gasteiger partial charge in [-0.25, -0.2) is 0 Å². The second kappa shape index (κ2) is 5.75. The first kappa shape index (κ1) is 13.4. The summed E-state index contributed by atoms with van der Waals surface area (Å²) in [5, 5.41) is 3.51. The maximum atomic E-state index is 3.51. The molecule has 2 heteroatoms. The summed E-state index contributed by atoms with van der Waals surface area (Å²) in [6, 6.07) is 7.65. The predicted molar refractivity (Wildman–Crippen MR) is 79.1 cm³/mol. The van der Waals surface area contributed by atoms with Gasteiger partial charge < -0.3 is 10.2 Å². The van der Waals surface area contributed by atoms with E-state index in [1.54, 1.807) is 0 Å². The van der Waals surface area contributed by atoms with Gasteiger partial charge in [-0.2, -0.15) is 0 Å². The van der Waals surface area contributed by atoms with Gasteiger partial charge in [-0.15, -0.1) is 0 Å². The van der Waals surface area contributed by atoms with Crippen molar-refractivity contribution >= 4 is 5.69 Å². The molecule has 0 radical (unpaired) electrons. The highest BCUT2D eigenvalue weighted by Gasteiger charge is 2.26. The molecule has 0 atom stereocenters. The smallest absolute Gasteiger partial charge is 0.0368 e. The van der Waals surface area contributed by atoms with Gasteiger partial charge >= 0.3 is 0 Å². The number of nitrogens with zero attached hydrogens (tertiary/aromatic N) is 1. The van der Waals surface area contributed by atoms with Crippen LogP contribution in [0.2, 0.25) is 0 Å². The second-order valence-electron chi connectivity index (χ2n) is 5.98. The lowest BCUT2D eigenvalue weighted by Crippen LogP contribution is -2.21. The molecule has 0 aromatic heterocycles. The highest BCUT2D eigenvalue weighted by Crippen LogP contribution is 2.30. The molecule has 1 aliphatic rings. The molecule has 100 valence electrons. The van der Waals surface area contributed by atoms with E-state index in [-0.39, 0.29) is 0 Å². The molecule has 0 unspecified atom stereocenters. The lowest BCUT2D eigenvalue weighted by Gasteiger charge is -2.20. The maximum Gasteiger partial charge on any atom is 0.0368 e. The third-order valence-electron chi connectivity index (χ3n) is 3.70. The van der Waals surface area contributed by atoms with Crippen LogP contribution in [0, 0.1) is 12.8 Å². The van der Waals surface area contributed by atoms with Crippen molar-refractivity contribution in [2.75, 3.05) is 18.5 Å². The standard InChI is InChI=1S/C16H26N2/c1-12(2)10-17-11-14-5-6-16(9-13(14)3)18(4)15-7-8-15/h5-6,9,12,15,17H,7-8,10-11H2,1-4H3. The zero-order valence-electron chi connectivity index (χ0n) is 12.2. The summed E-state index contributed by atoms with van der Waals surface area (Å²) in [7, 11) is 2.21. The summed E-state index contributed by atoms with van der Waals surface area (Å²) in [5.41, 5.74) is 4.18. The summed E-state index contributed by atoms with van der Waals surface area (Å²) in [5.74, 6) is 0.713. The zero-order valence-corrected chi connectivity index (χ0v) is 12.2. The van der Waals surface area contributed by atoms with Crippen molar-refractivity contribution in [3.63, 3.8) is 0 Å². The van der Waals surface area contributed by atoms with Crippen LogP contribution in [0.1, 0.15) is 37.8 Å². The third-order valence-corrected chi connectivity index (χ3v) is 3.70. The Bertz CT molecular complexity index is 394. The average Bonchev–Trinajstić information content (AvgIpc) is 3.14. The molecule has 0 aliphatic heterocycles. The molecule has 1 aromatic rings. The van der Waals surface area contributed by atoms with Crippen LogP contribution in [0.25, 0.3) is 0 Å². The number of hydrogen-bond donors (Lipinski definition) is 1. The van der Waals surface area contributed by atoms with Crippen LogP contribution in [0.15, 0.2) is 18.2 Å². The molecule has 0 heterocycles. The third kappa shape index (κ3) is 3.49. The molecular weight excluding hydrogens is 220 g/mol. The van der Waals surface area contributed by atoms with E-state index in [4.69, 9.17) is 0 Å². The van der Waals surface area contributed by atoms with Crippen LogP contribution in [0.4, 0.5) is 5.69 Å². The first-order valence-electron chi connectivity index (χ1n) is 7.11. The number of rotatable bonds is 6. The predicted octanol–water partition coefficient (Wildman–Crippen LogP) is 3.34. The fraction of sp³-hybridized carbons (Fsp3) is 0.625. The van der Waals surface area contributed by atoms with Crippen LogP contribution in [-0.4, -0.2) is 19.6 Å². The van der Waals surface area contributed by atoms with Gasteiger partial charge in [-0.3, -0.25) is 0 Å². The van der Waals surface area contributed by atoms with Gasteiger partial charge in [0.1, 0.15) is 0 Å². The van der Waals surface area contributed by atoms with Crippen molar-refractivity contribution in [2.45, 2.75) is 46.2 Å². The summed E-state index contributed by atoms with van der Waals surface area (Å²) in [6.07, 6.45) is 2.71. The van der Waals surface area contributed by atoms with Crippen LogP contribution in [0.5, 0.6) is 0 Å². The quantitative estimate of drug-likeness (QED) is 0.828. The minimum atomic E-state index is 0.713. The molecular formula is C16H26N2. The van der Waals surface area contributed by atoms with Crippen LogP contribution < -0.4 is 10.2 Å². The lowest BCUT2D eigenvalue weighted by molar-refractivity contribution is 0.551. The molecule has 2 rings (SSSR count). The van der Waals surface area contributed by atoms with Crippen molar-refractivity contribution in [3.05, 3.63) is 29.3 Å². The molecule has 0 spiro atoms. The van der Waals surface area contributed by atoms with Gasteiger partial charge in [0.2, 0.25) is 0 Å². The van der Waals surface area contributed by atoms with E-state index in [2.05, 4.69) is 56.2 Å². The summed E-state index contributed by atoms with van der Waals surface area (Å²) < 4.78 is 0. The Morgan fingerprint density at radius 1 is 1.33 bits per heavy atom. The fourth-order valence-corrected chi connectivity index (χ4v) is 2.27. The molecule has 1 aliphatic carbocycles. The van der Waals surface area contributed by atoms with E-state index in [9.17, 15) is 0 Å². The molecule has 1 aromatic carbocycles. The van der Waals surface area contributed by atoms with Gasteiger partial charge in [0.25, 0.3) is 0 Å². The van der Waals surface area contributed by atoms with Crippen molar-refractivity contribution in [2.24, 2.45) is 5.92 Å². The van der Waals surface area contributed by atoms with Gasteiger partial charge in [0, 0.05) is 25.3 Å². The summed E-state index contributed by atoms with van der Waals surface area (Å²) in [6.45, 7) is 8.78. The van der Waals surface area contributed by atoms with Gasteiger partial charge in [-0.05, 0) is 55.5 Å². The van der Waals surface area contributed by atoms with E-state index < -0.39 is 0 Å². The molecule has 18 heavy (non-hydrogen) atoms. The topological polar surface area (TPSA) is 15.3 Å². The SMILES string of the molecule is Cc1cc(N(C)C2CC2)ccc1CNCC(C)C. The molecule has 0 bridgehead atoms. The molecule has 1 N–H and O–H groups in total. The highest BCUT2D eigenvalue weighted by atomic mass is 15.2. The highest BCUT2D eigenvalue weighted by molar-refractivity contribution is 5.51. The first-order chi connectivity index (χ1) is 8.58. The van der Waals surface area contributed by atoms with E-state index in [1.807, 2.05) is 0 Å². The second-order valence-corrected chi connectivity index (χ2v) is 5.98. The number of nitrogens with one attached hydrogen (secondary N) is 1. The zero-order chi connectivity index (χ0) is 13.1. The number of hydrogen-bond acceptors (Lipinski definition) is 2. The molecule has 1 saturated carbocycles. The molecule has 0 saturated heterocycles. The van der Waals surface area contributed by atoms with Crippen LogP contribution >= 0.6 is 0 Å². The Labute approximate surface area is 111 Å². The minimum absolute atomic E-state index is 0.713. The van der Waals surface area contributed by atoms with Crippen molar-refractivity contribution in [3.8, 4) is 0 Å². The lowest BCUT2D eigenvalue weighted by atomic mass is 10.1. The van der Waals surface area contributed by atoms with Gasteiger partial charge in [0.05, 0.1) is 0 Å². The Hall–Kier alpha value is -1.02. The number of aryl methyl sites for hydroxylation is 1. The van der Waals surface area contributed by atoms with Crippen molar-refractivity contribution < 1.29 is 0 Å². The van der Waals surface area contributed by atoms with Crippen molar-refractivity contribution in [1.29, 1.82) is 0 Å². The Morgan fingerprint density at radius 3 is 2.61 bits per heavy atom. The molecule has 0 amide bonds.